The zero-order valence-corrected chi connectivity index (χ0v) is 32.9. The van der Waals surface area contributed by atoms with E-state index >= 15 is 0 Å². The van der Waals surface area contributed by atoms with Crippen LogP contribution in [0.3, 0.4) is 0 Å². The SMILES string of the molecule is CCOC(=O)CS.CCOC(=O)c1sc2nc(C)ccc2c1N.Cc1ccc(C#N)c(Cl)n1.Cc1ccc2c(N)c(C(=O)O)sc2n1.[Na+].[OH-]. The van der Waals surface area contributed by atoms with Crippen molar-refractivity contribution in [3.63, 3.8) is 0 Å². The number of hydrogen-bond acceptors (Lipinski definition) is 15. The number of hydrogen-bond donors (Lipinski definition) is 4. The average molecular weight is 757 g/mol. The Bertz CT molecular complexity index is 1930. The van der Waals surface area contributed by atoms with Gasteiger partial charge in [-0.1, -0.05) is 11.6 Å². The number of aryl methyl sites for hydroxylation is 3. The molecule has 18 heteroatoms. The average Bonchev–Trinajstić information content (AvgIpc) is 3.53. The van der Waals surface area contributed by atoms with Crippen LogP contribution >= 0.6 is 46.9 Å². The molecule has 6 N–H and O–H groups in total. The van der Waals surface area contributed by atoms with Crippen molar-refractivity contribution >= 4 is 96.6 Å². The summed E-state index contributed by atoms with van der Waals surface area (Å²) < 4.78 is 9.41. The molecule has 5 aromatic rings. The summed E-state index contributed by atoms with van der Waals surface area (Å²) in [6, 6.07) is 12.7. The molecule has 0 aromatic carbocycles. The maximum atomic E-state index is 11.6. The smallest absolute Gasteiger partial charge is 0.870 e. The number of nitrogens with two attached hydrogens (primary N) is 2. The van der Waals surface area contributed by atoms with E-state index in [1.165, 1.54) is 11.3 Å². The standard InChI is InChI=1S/C11H12N2O2S.C9H8N2O2S.C7H5ClN2.C4H8O2S.Na.H2O/c1-3-15-11(14)9-8(12)7-5-4-6(2)13-10(7)16-9;1-4-2-3-5-6(10)7(9(12)13)14-8(5)11-4;1-5-2-3-6(4-9)7(8)10-5;1-2-6-4(5)3-7;;/h4-5H,3,12H2,1-2H3;2-3H,10H2,1H3,(H,12,13);2-3H,1H3;7H,2-3H2,1H3;;1H2/q;;;;+1;/p-1. The zero-order valence-electron chi connectivity index (χ0n) is 27.6. The van der Waals surface area contributed by atoms with Crippen LogP contribution in [0.25, 0.3) is 20.4 Å². The molecule has 0 unspecified atom stereocenters. The molecular formula is C31H34ClN6NaO7S3. The van der Waals surface area contributed by atoms with Gasteiger partial charge < -0.3 is 31.5 Å². The number of halogens is 1. The van der Waals surface area contributed by atoms with E-state index in [0.717, 1.165) is 44.0 Å². The first kappa shape index (κ1) is 45.5. The number of carboxylic acid groups (broad SMARTS) is 1. The van der Waals surface area contributed by atoms with Crippen LogP contribution in [0.2, 0.25) is 5.15 Å². The van der Waals surface area contributed by atoms with Gasteiger partial charge in [0.25, 0.3) is 0 Å². The Labute approximate surface area is 323 Å². The van der Waals surface area contributed by atoms with Crippen LogP contribution in [-0.2, 0) is 14.3 Å². The van der Waals surface area contributed by atoms with Gasteiger partial charge in [-0.25, -0.2) is 24.5 Å². The summed E-state index contributed by atoms with van der Waals surface area (Å²) in [6.45, 7) is 9.91. The fourth-order valence-corrected chi connectivity index (χ4v) is 5.84. The molecule has 0 radical (unpaired) electrons. The van der Waals surface area contributed by atoms with Crippen LogP contribution in [0.5, 0.6) is 0 Å². The number of ether oxygens (including phenoxy) is 2. The third-order valence-electron chi connectivity index (χ3n) is 5.66. The fourth-order valence-electron chi connectivity index (χ4n) is 3.50. The molecule has 49 heavy (non-hydrogen) atoms. The Kier molecular flexibility index (Phi) is 20.6. The molecule has 0 aliphatic carbocycles. The fraction of sp³-hybridized carbons (Fsp3) is 0.258. The minimum Gasteiger partial charge on any atom is -0.870 e. The number of nitrogens with zero attached hydrogens (tertiary/aromatic N) is 4. The van der Waals surface area contributed by atoms with Gasteiger partial charge in [-0.2, -0.15) is 17.9 Å². The van der Waals surface area contributed by atoms with Crippen LogP contribution in [-0.4, -0.2) is 62.4 Å². The van der Waals surface area contributed by atoms with Gasteiger partial charge in [-0.3, -0.25) is 4.79 Å². The van der Waals surface area contributed by atoms with Crippen molar-refractivity contribution in [2.75, 3.05) is 30.4 Å². The van der Waals surface area contributed by atoms with E-state index in [1.807, 2.05) is 45.0 Å². The summed E-state index contributed by atoms with van der Waals surface area (Å²) >= 11 is 11.7. The van der Waals surface area contributed by atoms with E-state index in [1.54, 1.807) is 32.0 Å². The van der Waals surface area contributed by atoms with Gasteiger partial charge >= 0.3 is 47.5 Å². The van der Waals surface area contributed by atoms with E-state index in [9.17, 15) is 14.4 Å². The number of carboxylic acids is 1. The van der Waals surface area contributed by atoms with Crippen LogP contribution < -0.4 is 41.0 Å². The van der Waals surface area contributed by atoms with Gasteiger partial charge in [-0.15, -0.1) is 22.7 Å². The van der Waals surface area contributed by atoms with Gasteiger partial charge in [0.1, 0.15) is 30.6 Å². The monoisotopic (exact) mass is 756 g/mol. The summed E-state index contributed by atoms with van der Waals surface area (Å²) in [7, 11) is 0. The molecule has 0 saturated heterocycles. The minimum absolute atomic E-state index is 0. The molecule has 0 aliphatic rings. The molecule has 0 amide bonds. The Balaban J connectivity index is 0.000000645. The summed E-state index contributed by atoms with van der Waals surface area (Å²) in [5.74, 6) is -1.46. The van der Waals surface area contributed by atoms with E-state index in [4.69, 9.17) is 38.2 Å². The molecule has 13 nitrogen and oxygen atoms in total. The second-order valence-electron chi connectivity index (χ2n) is 9.19. The summed E-state index contributed by atoms with van der Waals surface area (Å²) in [6.07, 6.45) is 0. The number of carbonyl (C=O) groups excluding carboxylic acids is 2. The summed E-state index contributed by atoms with van der Waals surface area (Å²) in [5, 5.41) is 19.1. The largest absolute Gasteiger partial charge is 1.00 e. The van der Waals surface area contributed by atoms with Gasteiger partial charge in [0.05, 0.1) is 35.9 Å². The molecule has 0 saturated carbocycles. The van der Waals surface area contributed by atoms with E-state index in [0.29, 0.717) is 39.9 Å². The number of nitrogen functional groups attached to an aromatic ring is 2. The number of esters is 2. The molecule has 0 atom stereocenters. The first-order chi connectivity index (χ1) is 22.3. The van der Waals surface area contributed by atoms with Gasteiger partial charge in [0, 0.05) is 27.9 Å². The molecule has 5 heterocycles. The maximum Gasteiger partial charge on any atom is 1.00 e. The summed E-state index contributed by atoms with van der Waals surface area (Å²) in [4.78, 5) is 47.0. The van der Waals surface area contributed by atoms with Crippen molar-refractivity contribution in [1.82, 2.24) is 15.0 Å². The first-order valence-electron chi connectivity index (χ1n) is 13.8. The topological polar surface area (TPSA) is 234 Å². The summed E-state index contributed by atoms with van der Waals surface area (Å²) in [5.41, 5.74) is 15.4. The van der Waals surface area contributed by atoms with Crippen molar-refractivity contribution in [2.24, 2.45) is 0 Å². The van der Waals surface area contributed by atoms with Crippen LogP contribution in [0.4, 0.5) is 11.4 Å². The molecule has 256 valence electrons. The molecule has 0 fully saturated rings. The van der Waals surface area contributed by atoms with Crippen molar-refractivity contribution in [3.05, 3.63) is 74.0 Å². The number of anilines is 2. The normalized spacial score (nSPS) is 9.51. The number of rotatable bonds is 5. The number of carbonyl (C=O) groups is 3. The van der Waals surface area contributed by atoms with Crippen LogP contribution in [0.1, 0.15) is 55.8 Å². The number of nitriles is 1. The Morgan fingerprint density at radius 1 is 0.857 bits per heavy atom. The van der Waals surface area contributed by atoms with Gasteiger partial charge in [-0.05, 0) is 71.0 Å². The Hall–Kier alpha value is -3.53. The zero-order chi connectivity index (χ0) is 35.3. The molecular weight excluding hydrogens is 723 g/mol. The van der Waals surface area contributed by atoms with Gasteiger partial charge in [0.2, 0.25) is 0 Å². The number of fused-ring (bicyclic) bond motifs is 2. The molecule has 0 spiro atoms. The Morgan fingerprint density at radius 2 is 1.31 bits per heavy atom. The second kappa shape index (κ2) is 22.2. The molecule has 5 rings (SSSR count). The minimum atomic E-state index is -0.997. The number of pyridine rings is 3. The van der Waals surface area contributed by atoms with E-state index in [2.05, 4.69) is 32.3 Å². The quantitative estimate of drug-likeness (QED) is 0.0872. The van der Waals surface area contributed by atoms with Crippen molar-refractivity contribution in [2.45, 2.75) is 34.6 Å². The maximum absolute atomic E-state index is 11.6. The number of aromatic carboxylic acids is 1. The molecule has 0 bridgehead atoms. The van der Waals surface area contributed by atoms with Crippen molar-refractivity contribution < 1.29 is 64.0 Å². The van der Waals surface area contributed by atoms with Crippen LogP contribution in [0, 0.1) is 32.1 Å². The molecule has 5 aromatic heterocycles. The number of thiophene rings is 2. The van der Waals surface area contributed by atoms with Crippen LogP contribution in [0.15, 0.2) is 36.4 Å². The number of aromatic nitrogens is 3. The second-order valence-corrected chi connectivity index (χ2v) is 11.9. The third kappa shape index (κ3) is 13.4. The number of thiol groups is 1. The van der Waals surface area contributed by atoms with E-state index in [-0.39, 0.29) is 62.8 Å². The van der Waals surface area contributed by atoms with Crippen molar-refractivity contribution in [3.8, 4) is 6.07 Å². The Morgan fingerprint density at radius 3 is 1.71 bits per heavy atom. The van der Waals surface area contributed by atoms with Gasteiger partial charge in [0.15, 0.2) is 0 Å². The van der Waals surface area contributed by atoms with E-state index < -0.39 is 5.97 Å². The molecule has 0 aliphatic heterocycles. The third-order valence-corrected chi connectivity index (χ3v) is 8.41. The van der Waals surface area contributed by atoms with Crippen molar-refractivity contribution in [1.29, 1.82) is 5.26 Å². The predicted molar refractivity (Wildman–Crippen MR) is 192 cm³/mol. The first-order valence-corrected chi connectivity index (χ1v) is 16.4. The predicted octanol–water partition coefficient (Wildman–Crippen LogP) is 3.47.